The highest BCUT2D eigenvalue weighted by atomic mass is 19.1. The van der Waals surface area contributed by atoms with Crippen molar-refractivity contribution in [3.8, 4) is 5.69 Å². The van der Waals surface area contributed by atoms with Gasteiger partial charge in [-0.2, -0.15) is 0 Å². The Hall–Kier alpha value is -3.81. The summed E-state index contributed by atoms with van der Waals surface area (Å²) in [7, 11) is 0. The topological polar surface area (TPSA) is 81.3 Å². The highest BCUT2D eigenvalue weighted by Crippen LogP contribution is 2.25. The van der Waals surface area contributed by atoms with Crippen LogP contribution < -0.4 is 10.9 Å². The molecule has 1 N–H and O–H groups in total. The minimum atomic E-state index is -0.426. The number of halogens is 1. The molecule has 1 amide bonds. The van der Waals surface area contributed by atoms with Gasteiger partial charge in [-0.3, -0.25) is 18.6 Å². The average Bonchev–Trinajstić information content (AvgIpc) is 3.17. The number of carbonyl (C=O) groups excluding carboxylic acids is 1. The van der Waals surface area contributed by atoms with Crippen molar-refractivity contribution >= 4 is 11.6 Å². The van der Waals surface area contributed by atoms with Crippen molar-refractivity contribution in [3.05, 3.63) is 94.5 Å². The van der Waals surface area contributed by atoms with Crippen molar-refractivity contribution < 1.29 is 9.18 Å². The van der Waals surface area contributed by atoms with E-state index in [9.17, 15) is 14.0 Å². The van der Waals surface area contributed by atoms with E-state index in [0.29, 0.717) is 30.9 Å². The van der Waals surface area contributed by atoms with Crippen molar-refractivity contribution in [2.75, 3.05) is 6.54 Å². The summed E-state index contributed by atoms with van der Waals surface area (Å²) in [5.74, 6) is 0.138. The molecule has 2 aromatic heterocycles. The van der Waals surface area contributed by atoms with Crippen LogP contribution in [0.2, 0.25) is 0 Å². The van der Waals surface area contributed by atoms with Gasteiger partial charge in [-0.25, -0.2) is 4.39 Å². The Bertz CT molecular complexity index is 1330. The van der Waals surface area contributed by atoms with Crippen LogP contribution in [0.15, 0.2) is 71.8 Å². The van der Waals surface area contributed by atoms with Gasteiger partial charge in [-0.1, -0.05) is 50.2 Å². The summed E-state index contributed by atoms with van der Waals surface area (Å²) in [6, 6.07) is 15.8. The highest BCUT2D eigenvalue weighted by molar-refractivity contribution is 5.76. The van der Waals surface area contributed by atoms with Crippen LogP contribution in [0.25, 0.3) is 11.3 Å². The molecule has 7 nitrogen and oxygen atoms in total. The number of hydrogen-bond donors (Lipinski definition) is 1. The summed E-state index contributed by atoms with van der Waals surface area (Å²) >= 11 is 0. The van der Waals surface area contributed by atoms with Gasteiger partial charge in [-0.05, 0) is 35.6 Å². The van der Waals surface area contributed by atoms with Crippen LogP contribution in [0.3, 0.4) is 0 Å². The second kappa shape index (κ2) is 9.36. The molecule has 0 unspecified atom stereocenters. The Kier molecular flexibility index (Phi) is 6.35. The van der Waals surface area contributed by atoms with E-state index in [1.165, 1.54) is 22.3 Å². The summed E-state index contributed by atoms with van der Waals surface area (Å²) in [5.41, 5.74) is 0.964. The Morgan fingerprint density at radius 3 is 2.61 bits per heavy atom. The normalized spacial score (nSPS) is 11.6. The van der Waals surface area contributed by atoms with Crippen LogP contribution in [0.1, 0.15) is 31.7 Å². The van der Waals surface area contributed by atoms with Crippen molar-refractivity contribution in [1.29, 1.82) is 0 Å². The minimum Gasteiger partial charge on any atom is -0.356 e. The molecule has 4 rings (SSSR count). The van der Waals surface area contributed by atoms with E-state index >= 15 is 0 Å². The molecule has 2 aromatic carbocycles. The predicted octanol–water partition coefficient (Wildman–Crippen LogP) is 3.34. The van der Waals surface area contributed by atoms with Crippen LogP contribution in [-0.4, -0.2) is 31.6 Å². The highest BCUT2D eigenvalue weighted by Gasteiger charge is 2.25. The quantitative estimate of drug-likeness (QED) is 0.449. The zero-order valence-corrected chi connectivity index (χ0v) is 18.7. The molecule has 0 fully saturated rings. The summed E-state index contributed by atoms with van der Waals surface area (Å²) in [6.07, 6.45) is 4.81. The van der Waals surface area contributed by atoms with E-state index in [-0.39, 0.29) is 11.6 Å². The van der Waals surface area contributed by atoms with Gasteiger partial charge in [0.1, 0.15) is 11.6 Å². The molecule has 8 heteroatoms. The summed E-state index contributed by atoms with van der Waals surface area (Å²) in [4.78, 5) is 25.4. The van der Waals surface area contributed by atoms with E-state index < -0.39 is 16.8 Å². The first-order valence-electron chi connectivity index (χ1n) is 10.8. The number of aromatic nitrogens is 4. The number of nitrogens with one attached hydrogen (secondary N) is 1. The van der Waals surface area contributed by atoms with Crippen LogP contribution in [0.5, 0.6) is 0 Å². The Labute approximate surface area is 190 Å². The Balaban J connectivity index is 1.43. The lowest BCUT2D eigenvalue weighted by atomic mass is 9.85. The van der Waals surface area contributed by atoms with Crippen LogP contribution in [-0.2, 0) is 17.6 Å². The fourth-order valence-electron chi connectivity index (χ4n) is 3.86. The average molecular weight is 448 g/mol. The third kappa shape index (κ3) is 5.34. The first-order chi connectivity index (χ1) is 15.8. The SMILES string of the molecule is CC(C)(CC(=O)NCCc1ccccc1)Cc1nnc2c(=O)n(-c3cccc(F)c3)ccn12. The summed E-state index contributed by atoms with van der Waals surface area (Å²) in [5, 5.41) is 11.2. The lowest BCUT2D eigenvalue weighted by Crippen LogP contribution is -2.31. The number of fused-ring (bicyclic) bond motifs is 1. The van der Waals surface area contributed by atoms with Crippen molar-refractivity contribution in [2.24, 2.45) is 5.41 Å². The molecule has 2 heterocycles. The number of nitrogens with zero attached hydrogens (tertiary/aromatic N) is 4. The van der Waals surface area contributed by atoms with E-state index in [4.69, 9.17) is 0 Å². The van der Waals surface area contributed by atoms with Gasteiger partial charge in [0.2, 0.25) is 11.6 Å². The second-order valence-electron chi connectivity index (χ2n) is 8.87. The first kappa shape index (κ1) is 22.4. The van der Waals surface area contributed by atoms with Crippen LogP contribution in [0.4, 0.5) is 4.39 Å². The Morgan fingerprint density at radius 2 is 1.85 bits per heavy atom. The van der Waals surface area contributed by atoms with Crippen molar-refractivity contribution in [1.82, 2.24) is 24.5 Å². The van der Waals surface area contributed by atoms with Gasteiger partial charge < -0.3 is 5.32 Å². The van der Waals surface area contributed by atoms with Gasteiger partial charge in [0, 0.05) is 31.8 Å². The molecule has 0 saturated carbocycles. The van der Waals surface area contributed by atoms with Gasteiger partial charge in [0.15, 0.2) is 0 Å². The Morgan fingerprint density at radius 1 is 1.06 bits per heavy atom. The zero-order valence-electron chi connectivity index (χ0n) is 18.7. The number of hydrogen-bond acceptors (Lipinski definition) is 4. The lowest BCUT2D eigenvalue weighted by Gasteiger charge is -2.23. The fraction of sp³-hybridized carbons (Fsp3) is 0.280. The maximum absolute atomic E-state index is 13.6. The molecule has 0 radical (unpaired) electrons. The fourth-order valence-corrected chi connectivity index (χ4v) is 3.86. The molecular formula is C25H26FN5O2. The second-order valence-corrected chi connectivity index (χ2v) is 8.87. The van der Waals surface area contributed by atoms with E-state index in [0.717, 1.165) is 6.42 Å². The predicted molar refractivity (Wildman–Crippen MR) is 124 cm³/mol. The molecule has 33 heavy (non-hydrogen) atoms. The largest absolute Gasteiger partial charge is 0.356 e. The van der Waals surface area contributed by atoms with E-state index in [1.54, 1.807) is 28.9 Å². The molecule has 0 saturated heterocycles. The molecule has 0 bridgehead atoms. The lowest BCUT2D eigenvalue weighted by molar-refractivity contribution is -0.123. The van der Waals surface area contributed by atoms with Gasteiger partial charge in [-0.15, -0.1) is 10.2 Å². The van der Waals surface area contributed by atoms with Crippen molar-refractivity contribution in [2.45, 2.75) is 33.1 Å². The molecule has 170 valence electrons. The third-order valence-corrected chi connectivity index (χ3v) is 5.48. The van der Waals surface area contributed by atoms with Crippen LogP contribution in [0, 0.1) is 11.2 Å². The zero-order chi connectivity index (χ0) is 23.4. The monoisotopic (exact) mass is 447 g/mol. The van der Waals surface area contributed by atoms with Crippen LogP contribution >= 0.6 is 0 Å². The molecule has 0 aliphatic carbocycles. The molecule has 0 spiro atoms. The standard InChI is InChI=1S/C25H26FN5O2/c1-25(2,17-22(32)27-12-11-18-7-4-3-5-8-18)16-21-28-29-23-24(33)30(13-14-31(21)23)20-10-6-9-19(26)15-20/h3-10,13-15H,11-12,16-17H2,1-2H3,(H,27,32). The van der Waals surface area contributed by atoms with Gasteiger partial charge >= 0.3 is 5.56 Å². The summed E-state index contributed by atoms with van der Waals surface area (Å²) in [6.45, 7) is 4.55. The number of benzene rings is 2. The van der Waals surface area contributed by atoms with E-state index in [2.05, 4.69) is 15.5 Å². The van der Waals surface area contributed by atoms with Crippen molar-refractivity contribution in [3.63, 3.8) is 0 Å². The number of amides is 1. The molecule has 4 aromatic rings. The third-order valence-electron chi connectivity index (χ3n) is 5.48. The maximum atomic E-state index is 13.6. The van der Waals surface area contributed by atoms with Gasteiger partial charge in [0.05, 0.1) is 5.69 Å². The molecule has 0 aliphatic rings. The summed E-state index contributed by atoms with van der Waals surface area (Å²) < 4.78 is 16.5. The van der Waals surface area contributed by atoms with E-state index in [1.807, 2.05) is 44.2 Å². The molecule has 0 atom stereocenters. The number of rotatable bonds is 8. The van der Waals surface area contributed by atoms with Gasteiger partial charge in [0.25, 0.3) is 0 Å². The molecular weight excluding hydrogens is 421 g/mol. The maximum Gasteiger partial charge on any atom is 0.300 e. The first-order valence-corrected chi connectivity index (χ1v) is 10.8. The minimum absolute atomic E-state index is 0.0294. The number of carbonyl (C=O) groups is 1. The molecule has 0 aliphatic heterocycles. The smallest absolute Gasteiger partial charge is 0.300 e.